The molecule has 3 heterocycles. The Bertz CT molecular complexity index is 463. The molecular weight excluding hydrogens is 266 g/mol. The highest BCUT2D eigenvalue weighted by Crippen LogP contribution is 2.27. The third-order valence-corrected chi connectivity index (χ3v) is 4.81. The Kier molecular flexibility index (Phi) is 4.73. The van der Waals surface area contributed by atoms with E-state index in [4.69, 9.17) is 4.74 Å². The molecule has 1 N–H and O–H groups in total. The van der Waals surface area contributed by atoms with E-state index in [1.54, 1.807) is 0 Å². The van der Waals surface area contributed by atoms with Gasteiger partial charge in [0.15, 0.2) is 0 Å². The van der Waals surface area contributed by atoms with E-state index in [1.807, 2.05) is 12.3 Å². The number of nitrogens with zero attached hydrogens (tertiary/aromatic N) is 3. The van der Waals surface area contributed by atoms with Crippen LogP contribution in [0, 0.1) is 0 Å². The maximum absolute atomic E-state index is 9.70. The Morgan fingerprint density at radius 2 is 2.14 bits per heavy atom. The van der Waals surface area contributed by atoms with Crippen molar-refractivity contribution < 1.29 is 9.84 Å². The summed E-state index contributed by atoms with van der Waals surface area (Å²) < 4.78 is 5.48. The number of likely N-dealkylation sites (N-methyl/N-ethyl adjacent to an activating group) is 1. The van der Waals surface area contributed by atoms with Gasteiger partial charge in [0.1, 0.15) is 0 Å². The van der Waals surface area contributed by atoms with E-state index in [-0.39, 0.29) is 12.6 Å². The summed E-state index contributed by atoms with van der Waals surface area (Å²) in [5.41, 5.74) is 2.26. The van der Waals surface area contributed by atoms with Gasteiger partial charge in [-0.2, -0.15) is 0 Å². The van der Waals surface area contributed by atoms with Crippen molar-refractivity contribution in [2.45, 2.75) is 37.9 Å². The summed E-state index contributed by atoms with van der Waals surface area (Å²) in [6.07, 6.45) is 5.05. The fourth-order valence-electron chi connectivity index (χ4n) is 3.42. The first kappa shape index (κ1) is 14.8. The molecule has 0 spiro atoms. The summed E-state index contributed by atoms with van der Waals surface area (Å²) in [4.78, 5) is 9.30. The second-order valence-electron chi connectivity index (χ2n) is 6.02. The van der Waals surface area contributed by atoms with Gasteiger partial charge in [-0.3, -0.25) is 9.88 Å². The summed E-state index contributed by atoms with van der Waals surface area (Å²) in [5, 5.41) is 9.70. The first-order chi connectivity index (χ1) is 10.3. The van der Waals surface area contributed by atoms with Gasteiger partial charge >= 0.3 is 0 Å². The molecule has 0 aromatic carbocycles. The molecule has 1 fully saturated rings. The van der Waals surface area contributed by atoms with Gasteiger partial charge in [0, 0.05) is 45.6 Å². The van der Waals surface area contributed by atoms with Gasteiger partial charge in [0.2, 0.25) is 0 Å². The van der Waals surface area contributed by atoms with Crippen LogP contribution in [0.25, 0.3) is 0 Å². The molecule has 0 bridgehead atoms. The molecule has 21 heavy (non-hydrogen) atoms. The minimum absolute atomic E-state index is 0.163. The largest absolute Gasteiger partial charge is 0.394 e. The number of anilines is 1. The first-order valence-corrected chi connectivity index (χ1v) is 7.89. The molecule has 1 saturated heterocycles. The van der Waals surface area contributed by atoms with Crippen LogP contribution in [0.2, 0.25) is 0 Å². The zero-order valence-corrected chi connectivity index (χ0v) is 12.7. The summed E-state index contributed by atoms with van der Waals surface area (Å²) in [5.74, 6) is 0. The molecule has 1 atom stereocenters. The quantitative estimate of drug-likeness (QED) is 0.889. The number of aliphatic hydroxyl groups is 1. The van der Waals surface area contributed by atoms with E-state index in [2.05, 4.69) is 27.9 Å². The van der Waals surface area contributed by atoms with Gasteiger partial charge in [0.05, 0.1) is 24.0 Å². The predicted molar refractivity (Wildman–Crippen MR) is 82.4 cm³/mol. The second kappa shape index (κ2) is 6.73. The molecule has 0 saturated carbocycles. The van der Waals surface area contributed by atoms with Crippen molar-refractivity contribution in [3.63, 3.8) is 0 Å². The summed E-state index contributed by atoms with van der Waals surface area (Å²) >= 11 is 0. The van der Waals surface area contributed by atoms with Gasteiger partial charge in [-0.15, -0.1) is 0 Å². The lowest BCUT2D eigenvalue weighted by Gasteiger charge is -2.39. The number of ether oxygens (including phenoxy) is 1. The molecule has 3 rings (SSSR count). The molecule has 0 aliphatic carbocycles. The van der Waals surface area contributed by atoms with Gasteiger partial charge in [-0.1, -0.05) is 0 Å². The van der Waals surface area contributed by atoms with Crippen LogP contribution < -0.4 is 4.90 Å². The number of hydrogen-bond donors (Lipinski definition) is 1. The zero-order valence-electron chi connectivity index (χ0n) is 12.7. The van der Waals surface area contributed by atoms with Crippen molar-refractivity contribution in [1.29, 1.82) is 0 Å². The van der Waals surface area contributed by atoms with Crippen LogP contribution in [0.5, 0.6) is 0 Å². The number of aliphatic hydroxyl groups excluding tert-OH is 1. The average molecular weight is 291 g/mol. The normalized spacial score (nSPS) is 25.2. The van der Waals surface area contributed by atoms with Crippen molar-refractivity contribution in [3.05, 3.63) is 24.0 Å². The van der Waals surface area contributed by atoms with Crippen molar-refractivity contribution in [3.8, 4) is 0 Å². The minimum Gasteiger partial charge on any atom is -0.394 e. The average Bonchev–Trinajstić information content (AvgIpc) is 2.53. The molecule has 1 aromatic heterocycles. The van der Waals surface area contributed by atoms with Crippen LogP contribution in [0.15, 0.2) is 18.3 Å². The van der Waals surface area contributed by atoms with Crippen molar-refractivity contribution >= 4 is 5.69 Å². The molecule has 1 aromatic rings. The van der Waals surface area contributed by atoms with E-state index in [0.29, 0.717) is 6.04 Å². The van der Waals surface area contributed by atoms with E-state index in [1.165, 1.54) is 0 Å². The SMILES string of the molecule is CN1c2cccnc2CN(C2CCOCC2)CC[C@H]1CO. The highest BCUT2D eigenvalue weighted by molar-refractivity contribution is 5.51. The van der Waals surface area contributed by atoms with Gasteiger partial charge in [0.25, 0.3) is 0 Å². The maximum Gasteiger partial charge on any atom is 0.0776 e. The van der Waals surface area contributed by atoms with E-state index >= 15 is 0 Å². The molecule has 5 heteroatoms. The number of pyridine rings is 1. The smallest absolute Gasteiger partial charge is 0.0776 e. The topological polar surface area (TPSA) is 48.8 Å². The molecule has 0 amide bonds. The molecule has 116 valence electrons. The highest BCUT2D eigenvalue weighted by atomic mass is 16.5. The highest BCUT2D eigenvalue weighted by Gasteiger charge is 2.28. The monoisotopic (exact) mass is 291 g/mol. The Balaban J connectivity index is 1.85. The predicted octanol–water partition coefficient (Wildman–Crippen LogP) is 1.26. The maximum atomic E-state index is 9.70. The van der Waals surface area contributed by atoms with E-state index in [0.717, 1.165) is 56.9 Å². The van der Waals surface area contributed by atoms with Crippen molar-refractivity contribution in [2.24, 2.45) is 0 Å². The van der Waals surface area contributed by atoms with Gasteiger partial charge < -0.3 is 14.7 Å². The fourth-order valence-corrected chi connectivity index (χ4v) is 3.42. The van der Waals surface area contributed by atoms with E-state index < -0.39 is 0 Å². The first-order valence-electron chi connectivity index (χ1n) is 7.89. The summed E-state index contributed by atoms with van der Waals surface area (Å²) in [6.45, 7) is 3.81. The summed E-state index contributed by atoms with van der Waals surface area (Å²) in [6, 6.07) is 4.83. The fraction of sp³-hybridized carbons (Fsp3) is 0.688. The number of rotatable bonds is 2. The molecule has 0 radical (unpaired) electrons. The lowest BCUT2D eigenvalue weighted by atomic mass is 10.0. The van der Waals surface area contributed by atoms with Crippen LogP contribution in [0.4, 0.5) is 5.69 Å². The van der Waals surface area contributed by atoms with Crippen LogP contribution in [-0.4, -0.2) is 60.5 Å². The van der Waals surface area contributed by atoms with Crippen molar-refractivity contribution in [2.75, 3.05) is 38.3 Å². The Morgan fingerprint density at radius 1 is 1.33 bits per heavy atom. The lowest BCUT2D eigenvalue weighted by molar-refractivity contribution is 0.0280. The van der Waals surface area contributed by atoms with Crippen LogP contribution in [-0.2, 0) is 11.3 Å². The van der Waals surface area contributed by atoms with Crippen molar-refractivity contribution in [1.82, 2.24) is 9.88 Å². The Labute approximate surface area is 126 Å². The Hall–Kier alpha value is -1.17. The van der Waals surface area contributed by atoms with Crippen LogP contribution in [0.3, 0.4) is 0 Å². The molecule has 0 unspecified atom stereocenters. The zero-order chi connectivity index (χ0) is 14.7. The van der Waals surface area contributed by atoms with Crippen LogP contribution >= 0.6 is 0 Å². The number of hydrogen-bond acceptors (Lipinski definition) is 5. The lowest BCUT2D eigenvalue weighted by Crippen LogP contribution is -2.46. The standard InChI is InChI=1S/C16H25N3O2/c1-18-14(12-20)4-8-19(13-5-9-21-10-6-13)11-15-16(18)3-2-7-17-15/h2-3,7,13-14,20H,4-6,8-12H2,1H3/t14-/m0/s1. The third kappa shape index (κ3) is 3.20. The van der Waals surface area contributed by atoms with Gasteiger partial charge in [-0.25, -0.2) is 0 Å². The van der Waals surface area contributed by atoms with E-state index in [9.17, 15) is 5.11 Å². The number of aromatic nitrogens is 1. The van der Waals surface area contributed by atoms with Crippen LogP contribution in [0.1, 0.15) is 25.0 Å². The second-order valence-corrected chi connectivity index (χ2v) is 6.02. The molecule has 2 aliphatic rings. The molecular formula is C16H25N3O2. The Morgan fingerprint density at radius 3 is 2.90 bits per heavy atom. The molecule has 5 nitrogen and oxygen atoms in total. The third-order valence-electron chi connectivity index (χ3n) is 4.81. The van der Waals surface area contributed by atoms with Gasteiger partial charge in [-0.05, 0) is 31.4 Å². The minimum atomic E-state index is 0.163. The summed E-state index contributed by atoms with van der Waals surface area (Å²) in [7, 11) is 2.06. The molecule has 2 aliphatic heterocycles. The number of fused-ring (bicyclic) bond motifs is 1.